The van der Waals surface area contributed by atoms with E-state index in [1.165, 1.54) is 12.1 Å². The lowest BCUT2D eigenvalue weighted by Crippen LogP contribution is -2.35. The summed E-state index contributed by atoms with van der Waals surface area (Å²) in [6.45, 7) is 5.66. The summed E-state index contributed by atoms with van der Waals surface area (Å²) in [6, 6.07) is 4.29. The van der Waals surface area contributed by atoms with E-state index in [0.717, 1.165) is 0 Å². The monoisotopic (exact) mass is 236 g/mol. The van der Waals surface area contributed by atoms with E-state index in [-0.39, 0.29) is 5.69 Å². The van der Waals surface area contributed by atoms with Crippen molar-refractivity contribution >= 4 is 12.4 Å². The second-order valence-corrected chi connectivity index (χ2v) is 3.92. The Kier molecular flexibility index (Phi) is 2.71. The molecule has 17 heavy (non-hydrogen) atoms. The highest BCUT2D eigenvalue weighted by atomic mass is 16.7. The molecule has 0 bridgehead atoms. The lowest BCUT2D eigenvalue weighted by Gasteiger charge is -2.21. The van der Waals surface area contributed by atoms with E-state index >= 15 is 0 Å². The Balaban J connectivity index is 2.21. The van der Waals surface area contributed by atoms with Crippen LogP contribution in [0.2, 0.25) is 0 Å². The first-order chi connectivity index (χ1) is 8.04. The lowest BCUT2D eigenvalue weighted by atomic mass is 10.2. The zero-order valence-electron chi connectivity index (χ0n) is 9.38. The van der Waals surface area contributed by atoms with Crippen molar-refractivity contribution in [2.24, 2.45) is 4.99 Å². The molecule has 0 amide bonds. The van der Waals surface area contributed by atoms with Gasteiger partial charge in [-0.05, 0) is 12.8 Å². The molecule has 1 aromatic rings. The van der Waals surface area contributed by atoms with Crippen molar-refractivity contribution in [3.8, 4) is 11.5 Å². The number of non-ortho nitro benzene ring substituents is 1. The third-order valence-corrected chi connectivity index (χ3v) is 2.51. The predicted molar refractivity (Wildman–Crippen MR) is 61.8 cm³/mol. The zero-order valence-corrected chi connectivity index (χ0v) is 9.38. The molecule has 1 aromatic carbocycles. The molecule has 0 fully saturated rings. The van der Waals surface area contributed by atoms with Gasteiger partial charge in [-0.25, -0.2) is 0 Å². The van der Waals surface area contributed by atoms with Crippen LogP contribution in [0.4, 0.5) is 5.69 Å². The molecular weight excluding hydrogens is 224 g/mol. The molecule has 1 atom stereocenters. The summed E-state index contributed by atoms with van der Waals surface area (Å²) >= 11 is 0. The summed E-state index contributed by atoms with van der Waals surface area (Å²) < 4.78 is 11.2. The first-order valence-electron chi connectivity index (χ1n) is 5.13. The van der Waals surface area contributed by atoms with Crippen LogP contribution in [0, 0.1) is 10.1 Å². The van der Waals surface area contributed by atoms with Crippen LogP contribution in [0.5, 0.6) is 11.5 Å². The summed E-state index contributed by atoms with van der Waals surface area (Å²) in [7, 11) is 0. The molecule has 0 aromatic heterocycles. The van der Waals surface area contributed by atoms with Crippen molar-refractivity contribution in [3.63, 3.8) is 0 Å². The SMILES string of the molecule is C=NCCC1(C)Oc2ccc([N+](=O)[O-])cc2O1. The predicted octanol–water partition coefficient (Wildman–Crippen LogP) is 2.17. The average molecular weight is 236 g/mol. The minimum absolute atomic E-state index is 0.0153. The molecule has 1 aliphatic heterocycles. The maximum absolute atomic E-state index is 10.6. The van der Waals surface area contributed by atoms with Crippen molar-refractivity contribution in [2.75, 3.05) is 6.54 Å². The van der Waals surface area contributed by atoms with E-state index in [4.69, 9.17) is 9.47 Å². The highest BCUT2D eigenvalue weighted by Gasteiger charge is 2.37. The second kappa shape index (κ2) is 4.04. The van der Waals surface area contributed by atoms with Gasteiger partial charge >= 0.3 is 0 Å². The van der Waals surface area contributed by atoms with Crippen LogP contribution in [0.15, 0.2) is 23.2 Å². The van der Waals surface area contributed by atoms with Crippen LogP contribution in [0.25, 0.3) is 0 Å². The summed E-state index contributed by atoms with van der Waals surface area (Å²) in [5.41, 5.74) is -0.0153. The summed E-state index contributed by atoms with van der Waals surface area (Å²) in [5.74, 6) is 0.0894. The van der Waals surface area contributed by atoms with Crippen molar-refractivity contribution in [1.82, 2.24) is 0 Å². The largest absolute Gasteiger partial charge is 0.449 e. The van der Waals surface area contributed by atoms with Crippen LogP contribution < -0.4 is 9.47 Å². The molecule has 2 rings (SSSR count). The molecular formula is C11H12N2O4. The maximum Gasteiger partial charge on any atom is 0.273 e. The highest BCUT2D eigenvalue weighted by molar-refractivity contribution is 5.50. The fourth-order valence-electron chi connectivity index (χ4n) is 1.64. The van der Waals surface area contributed by atoms with Crippen LogP contribution >= 0.6 is 0 Å². The Morgan fingerprint density at radius 3 is 2.82 bits per heavy atom. The molecule has 0 radical (unpaired) electrons. The Hall–Kier alpha value is -2.11. The van der Waals surface area contributed by atoms with E-state index < -0.39 is 10.7 Å². The Bertz CT molecular complexity index is 475. The molecule has 6 nitrogen and oxygen atoms in total. The summed E-state index contributed by atoms with van der Waals surface area (Å²) in [4.78, 5) is 13.9. The molecule has 1 aliphatic rings. The van der Waals surface area contributed by atoms with Gasteiger partial charge in [0, 0.05) is 26.0 Å². The number of hydrogen-bond donors (Lipinski definition) is 0. The standard InChI is InChI=1S/C11H12N2O4/c1-11(5-6-12-2)16-9-4-3-8(13(14)15)7-10(9)17-11/h3-4,7H,2,5-6H2,1H3. The van der Waals surface area contributed by atoms with Crippen molar-refractivity contribution in [1.29, 1.82) is 0 Å². The van der Waals surface area contributed by atoms with E-state index in [9.17, 15) is 10.1 Å². The minimum Gasteiger partial charge on any atom is -0.449 e. The first-order valence-corrected chi connectivity index (χ1v) is 5.13. The number of fused-ring (bicyclic) bond motifs is 1. The van der Waals surface area contributed by atoms with Gasteiger partial charge in [-0.2, -0.15) is 0 Å². The lowest BCUT2D eigenvalue weighted by molar-refractivity contribution is -0.384. The molecule has 0 N–H and O–H groups in total. The van der Waals surface area contributed by atoms with Gasteiger partial charge < -0.3 is 14.5 Å². The minimum atomic E-state index is -0.821. The fourth-order valence-corrected chi connectivity index (χ4v) is 1.64. The molecule has 6 heteroatoms. The summed E-state index contributed by atoms with van der Waals surface area (Å²) in [5, 5.41) is 10.6. The number of nitro groups is 1. The number of nitrogens with zero attached hydrogens (tertiary/aromatic N) is 2. The Labute approximate surface area is 98.0 Å². The van der Waals surface area contributed by atoms with Crippen LogP contribution in [-0.4, -0.2) is 24.0 Å². The van der Waals surface area contributed by atoms with Gasteiger partial charge in [0.1, 0.15) is 0 Å². The maximum atomic E-state index is 10.6. The number of ether oxygens (including phenoxy) is 2. The molecule has 0 saturated carbocycles. The van der Waals surface area contributed by atoms with Gasteiger partial charge in [0.25, 0.3) is 11.5 Å². The van der Waals surface area contributed by atoms with Crippen molar-refractivity contribution < 1.29 is 14.4 Å². The zero-order chi connectivity index (χ0) is 12.5. The molecule has 0 spiro atoms. The van der Waals surface area contributed by atoms with Crippen LogP contribution in [-0.2, 0) is 0 Å². The quantitative estimate of drug-likeness (QED) is 0.456. The van der Waals surface area contributed by atoms with E-state index in [0.29, 0.717) is 24.5 Å². The van der Waals surface area contributed by atoms with Gasteiger partial charge in [-0.3, -0.25) is 10.1 Å². The Morgan fingerprint density at radius 1 is 1.47 bits per heavy atom. The first kappa shape index (κ1) is 11.4. The van der Waals surface area contributed by atoms with Gasteiger partial charge in [0.05, 0.1) is 11.0 Å². The molecule has 90 valence electrons. The third kappa shape index (κ3) is 2.20. The van der Waals surface area contributed by atoms with Crippen LogP contribution in [0.1, 0.15) is 13.3 Å². The van der Waals surface area contributed by atoms with E-state index in [2.05, 4.69) is 11.7 Å². The van der Waals surface area contributed by atoms with Gasteiger partial charge in [0.15, 0.2) is 11.5 Å². The Morgan fingerprint density at radius 2 is 2.18 bits per heavy atom. The third-order valence-electron chi connectivity index (χ3n) is 2.51. The van der Waals surface area contributed by atoms with Gasteiger partial charge in [0.2, 0.25) is 0 Å². The van der Waals surface area contributed by atoms with Gasteiger partial charge in [-0.15, -0.1) is 0 Å². The number of benzene rings is 1. The normalized spacial score (nSPS) is 21.2. The van der Waals surface area contributed by atoms with Crippen molar-refractivity contribution in [2.45, 2.75) is 19.1 Å². The van der Waals surface area contributed by atoms with Crippen LogP contribution in [0.3, 0.4) is 0 Å². The molecule has 0 saturated heterocycles. The molecule has 0 aliphatic carbocycles. The van der Waals surface area contributed by atoms with Gasteiger partial charge in [-0.1, -0.05) is 0 Å². The van der Waals surface area contributed by atoms with E-state index in [1.807, 2.05) is 0 Å². The molecule has 1 unspecified atom stereocenters. The fraction of sp³-hybridized carbons (Fsp3) is 0.364. The number of aliphatic imine (C=N–C) groups is 1. The second-order valence-electron chi connectivity index (χ2n) is 3.92. The van der Waals surface area contributed by atoms with Crippen molar-refractivity contribution in [3.05, 3.63) is 28.3 Å². The topological polar surface area (TPSA) is 74.0 Å². The number of nitro benzene ring substituents is 1. The average Bonchev–Trinajstić information content (AvgIpc) is 2.62. The number of rotatable bonds is 4. The summed E-state index contributed by atoms with van der Waals surface area (Å²) in [6.07, 6.45) is 0.541. The molecule has 1 heterocycles. The van der Waals surface area contributed by atoms with E-state index in [1.54, 1.807) is 13.0 Å². The smallest absolute Gasteiger partial charge is 0.273 e. The highest BCUT2D eigenvalue weighted by Crippen LogP contribution is 2.42. The number of hydrogen-bond acceptors (Lipinski definition) is 5.